The van der Waals surface area contributed by atoms with Crippen molar-refractivity contribution in [3.05, 3.63) is 32.6 Å². The Balaban J connectivity index is 2.35. The molecule has 1 N–H and O–H groups in total. The van der Waals surface area contributed by atoms with E-state index in [1.54, 1.807) is 6.92 Å². The minimum Gasteiger partial charge on any atom is -0.477 e. The van der Waals surface area contributed by atoms with Gasteiger partial charge in [-0.15, -0.1) is 11.3 Å². The van der Waals surface area contributed by atoms with Crippen LogP contribution in [-0.2, 0) is 11.8 Å². The number of hydrogen-bond donors (Lipinski definition) is 1. The van der Waals surface area contributed by atoms with Gasteiger partial charge in [0.1, 0.15) is 10.6 Å². The molecule has 0 saturated carbocycles. The third kappa shape index (κ3) is 2.60. The zero-order valence-electron chi connectivity index (χ0n) is 12.3. The maximum absolute atomic E-state index is 11.1. The Hall–Kier alpha value is -1.69. The van der Waals surface area contributed by atoms with Crippen LogP contribution >= 0.6 is 11.3 Å². The molecule has 2 heterocycles. The molecule has 2 aromatic heterocycles. The second kappa shape index (κ2) is 5.01. The van der Waals surface area contributed by atoms with Crippen LogP contribution in [0.3, 0.4) is 0 Å². The first-order chi connectivity index (χ1) is 9.22. The van der Waals surface area contributed by atoms with Crippen molar-refractivity contribution in [2.45, 2.75) is 46.5 Å². The van der Waals surface area contributed by atoms with Crippen molar-refractivity contribution in [2.24, 2.45) is 0 Å². The zero-order valence-corrected chi connectivity index (χ0v) is 13.1. The van der Waals surface area contributed by atoms with Crippen molar-refractivity contribution >= 4 is 17.3 Å². The van der Waals surface area contributed by atoms with Crippen molar-refractivity contribution < 1.29 is 14.4 Å². The van der Waals surface area contributed by atoms with Gasteiger partial charge in [-0.3, -0.25) is 0 Å². The molecule has 0 fully saturated rings. The predicted molar refractivity (Wildman–Crippen MR) is 76.5 cm³/mol. The number of aryl methyl sites for hydroxylation is 3. The summed E-state index contributed by atoms with van der Waals surface area (Å²) in [7, 11) is 0. The van der Waals surface area contributed by atoms with Gasteiger partial charge in [0.05, 0.1) is 16.4 Å². The molecule has 5 nitrogen and oxygen atoms in total. The first kappa shape index (κ1) is 14.7. The molecule has 0 aromatic carbocycles. The van der Waals surface area contributed by atoms with Crippen LogP contribution in [0.4, 0.5) is 0 Å². The number of rotatable bonds is 4. The Morgan fingerprint density at radius 1 is 1.30 bits per heavy atom. The number of aromatic carboxylic acids is 1. The molecule has 2 aromatic rings. The second-order valence-electron chi connectivity index (χ2n) is 5.60. The molecule has 0 aliphatic carbocycles. The fourth-order valence-electron chi connectivity index (χ4n) is 2.16. The number of carboxylic acids is 1. The molecule has 0 atom stereocenters. The van der Waals surface area contributed by atoms with Gasteiger partial charge in [0.2, 0.25) is 0 Å². The van der Waals surface area contributed by atoms with Crippen molar-refractivity contribution in [1.82, 2.24) is 10.1 Å². The number of thiazole rings is 1. The van der Waals surface area contributed by atoms with Gasteiger partial charge in [-0.05, 0) is 27.2 Å². The standard InChI is InChI=1S/C14H18N2O3S/c1-7-10(9(3)19-16-7)6-14(4,5)13-15-8(2)11(20-13)12(17)18/h6H2,1-5H3,(H,17,18). The van der Waals surface area contributed by atoms with Gasteiger partial charge in [0, 0.05) is 11.0 Å². The number of nitrogens with zero attached hydrogens (tertiary/aromatic N) is 2. The molecule has 0 saturated heterocycles. The first-order valence-electron chi connectivity index (χ1n) is 6.35. The maximum Gasteiger partial charge on any atom is 0.347 e. The minimum atomic E-state index is -0.917. The van der Waals surface area contributed by atoms with Crippen LogP contribution in [0.15, 0.2) is 4.52 Å². The minimum absolute atomic E-state index is 0.260. The SMILES string of the molecule is Cc1nc(C(C)(C)Cc2c(C)noc2C)sc1C(=O)O. The lowest BCUT2D eigenvalue weighted by Gasteiger charge is -2.21. The lowest BCUT2D eigenvalue weighted by Crippen LogP contribution is -2.21. The molecular formula is C14H18N2O3S. The summed E-state index contributed by atoms with van der Waals surface area (Å²) in [6.07, 6.45) is 0.722. The van der Waals surface area contributed by atoms with Crippen LogP contribution in [0.25, 0.3) is 0 Å². The summed E-state index contributed by atoms with van der Waals surface area (Å²) in [5.41, 5.74) is 2.26. The average Bonchev–Trinajstić information content (AvgIpc) is 2.87. The Morgan fingerprint density at radius 3 is 2.40 bits per heavy atom. The summed E-state index contributed by atoms with van der Waals surface area (Å²) in [5.74, 6) is -0.110. The normalized spacial score (nSPS) is 11.8. The van der Waals surface area contributed by atoms with E-state index in [0.29, 0.717) is 10.6 Å². The monoisotopic (exact) mass is 294 g/mol. The van der Waals surface area contributed by atoms with Crippen molar-refractivity contribution in [2.75, 3.05) is 0 Å². The number of hydrogen-bond acceptors (Lipinski definition) is 5. The third-order valence-corrected chi connectivity index (χ3v) is 4.88. The molecule has 0 aliphatic rings. The highest BCUT2D eigenvalue weighted by molar-refractivity contribution is 7.13. The van der Waals surface area contributed by atoms with Crippen molar-refractivity contribution in [3.63, 3.8) is 0 Å². The lowest BCUT2D eigenvalue weighted by atomic mass is 9.86. The van der Waals surface area contributed by atoms with Crippen LogP contribution in [0.5, 0.6) is 0 Å². The molecule has 0 spiro atoms. The third-order valence-electron chi connectivity index (χ3n) is 3.37. The van der Waals surface area contributed by atoms with E-state index >= 15 is 0 Å². The molecule has 0 aliphatic heterocycles. The molecular weight excluding hydrogens is 276 g/mol. The van der Waals surface area contributed by atoms with Crippen LogP contribution in [0, 0.1) is 20.8 Å². The Bertz CT molecular complexity index is 636. The maximum atomic E-state index is 11.1. The smallest absolute Gasteiger partial charge is 0.347 e. The number of aromatic nitrogens is 2. The van der Waals surface area contributed by atoms with Gasteiger partial charge in [0.15, 0.2) is 0 Å². The first-order valence-corrected chi connectivity index (χ1v) is 7.17. The zero-order chi connectivity index (χ0) is 15.1. The predicted octanol–water partition coefficient (Wildman–Crippen LogP) is 3.27. The summed E-state index contributed by atoms with van der Waals surface area (Å²) in [6, 6.07) is 0. The van der Waals surface area contributed by atoms with Gasteiger partial charge in [-0.2, -0.15) is 0 Å². The molecule has 0 amide bonds. The molecule has 20 heavy (non-hydrogen) atoms. The summed E-state index contributed by atoms with van der Waals surface area (Å²) < 4.78 is 5.18. The molecule has 2 rings (SSSR count). The van der Waals surface area contributed by atoms with E-state index in [1.807, 2.05) is 13.8 Å². The topological polar surface area (TPSA) is 76.2 Å². The Morgan fingerprint density at radius 2 is 1.95 bits per heavy atom. The van der Waals surface area contributed by atoms with Crippen molar-refractivity contribution in [3.8, 4) is 0 Å². The largest absolute Gasteiger partial charge is 0.477 e. The van der Waals surface area contributed by atoms with Crippen LogP contribution in [-0.4, -0.2) is 21.2 Å². The summed E-state index contributed by atoms with van der Waals surface area (Å²) >= 11 is 1.25. The van der Waals surface area contributed by atoms with Crippen molar-refractivity contribution in [1.29, 1.82) is 0 Å². The summed E-state index contributed by atoms with van der Waals surface area (Å²) in [6.45, 7) is 9.65. The average molecular weight is 294 g/mol. The molecule has 0 radical (unpaired) electrons. The van der Waals surface area contributed by atoms with Gasteiger partial charge in [0.25, 0.3) is 0 Å². The summed E-state index contributed by atoms with van der Waals surface area (Å²) in [5, 5.41) is 13.9. The molecule has 6 heteroatoms. The second-order valence-corrected chi connectivity index (χ2v) is 6.60. The number of carbonyl (C=O) groups is 1. The highest BCUT2D eigenvalue weighted by Gasteiger charge is 2.29. The van der Waals surface area contributed by atoms with E-state index in [9.17, 15) is 4.79 Å². The summed E-state index contributed by atoms with van der Waals surface area (Å²) in [4.78, 5) is 15.9. The van der Waals surface area contributed by atoms with E-state index < -0.39 is 5.97 Å². The highest BCUT2D eigenvalue weighted by atomic mass is 32.1. The van der Waals surface area contributed by atoms with E-state index in [4.69, 9.17) is 9.63 Å². The Labute approximate surface area is 121 Å². The fourth-order valence-corrected chi connectivity index (χ4v) is 3.16. The van der Waals surface area contributed by atoms with E-state index in [1.165, 1.54) is 11.3 Å². The molecule has 108 valence electrons. The van der Waals surface area contributed by atoms with Crippen LogP contribution in [0.2, 0.25) is 0 Å². The van der Waals surface area contributed by atoms with Gasteiger partial charge >= 0.3 is 5.97 Å². The van der Waals surface area contributed by atoms with Gasteiger partial charge in [-0.25, -0.2) is 9.78 Å². The van der Waals surface area contributed by atoms with E-state index in [2.05, 4.69) is 24.0 Å². The van der Waals surface area contributed by atoms with Crippen LogP contribution in [0.1, 0.15) is 51.2 Å². The van der Waals surface area contributed by atoms with Crippen LogP contribution < -0.4 is 0 Å². The molecule has 0 bridgehead atoms. The Kier molecular flexibility index (Phi) is 3.69. The van der Waals surface area contributed by atoms with Gasteiger partial charge in [-0.1, -0.05) is 19.0 Å². The quantitative estimate of drug-likeness (QED) is 0.936. The van der Waals surface area contributed by atoms with E-state index in [-0.39, 0.29) is 5.41 Å². The fraction of sp³-hybridized carbons (Fsp3) is 0.500. The molecule has 0 unspecified atom stereocenters. The lowest BCUT2D eigenvalue weighted by molar-refractivity contribution is 0.0701. The van der Waals surface area contributed by atoms with Gasteiger partial charge < -0.3 is 9.63 Å². The van der Waals surface area contributed by atoms with E-state index in [0.717, 1.165) is 28.4 Å². The highest BCUT2D eigenvalue weighted by Crippen LogP contribution is 2.34. The number of carboxylic acid groups (broad SMARTS) is 1.